The van der Waals surface area contributed by atoms with E-state index in [0.29, 0.717) is 6.04 Å². The van der Waals surface area contributed by atoms with E-state index in [1.54, 1.807) is 0 Å². The molecule has 1 aliphatic rings. The van der Waals surface area contributed by atoms with Crippen LogP contribution in [-0.4, -0.2) is 35.3 Å². The second-order valence-electron chi connectivity index (χ2n) is 3.03. The molecule has 1 fully saturated rings. The highest BCUT2D eigenvalue weighted by Gasteiger charge is 2.23. The number of amidine groups is 1. The number of hydrogen-bond acceptors (Lipinski definition) is 2. The minimum Gasteiger partial charge on any atom is -0.357 e. The van der Waals surface area contributed by atoms with Crippen molar-refractivity contribution in [2.45, 2.75) is 25.8 Å². The maximum atomic E-state index is 7.52. The molecule has 0 amide bonds. The minimum atomic E-state index is 0.641. The van der Waals surface area contributed by atoms with Crippen molar-refractivity contribution < 1.29 is 0 Å². The molecule has 11 heavy (non-hydrogen) atoms. The molecule has 1 rings (SSSR count). The van der Waals surface area contributed by atoms with E-state index < -0.39 is 0 Å². The quantitative estimate of drug-likeness (QED) is 0.508. The summed E-state index contributed by atoms with van der Waals surface area (Å²) in [6.07, 6.45) is 4.67. The van der Waals surface area contributed by atoms with Crippen molar-refractivity contribution in [3.8, 4) is 0 Å². The van der Waals surface area contributed by atoms with Crippen LogP contribution in [0.15, 0.2) is 0 Å². The lowest BCUT2D eigenvalue weighted by Gasteiger charge is -2.24. The number of nitrogens with zero attached hydrogens (tertiary/aromatic N) is 1. The van der Waals surface area contributed by atoms with E-state index in [4.69, 9.17) is 5.41 Å². The third-order valence-corrected chi connectivity index (χ3v) is 2.89. The SMILES string of the molecule is CSCC1CCCN1C(C)=N. The second kappa shape index (κ2) is 4.00. The summed E-state index contributed by atoms with van der Waals surface area (Å²) in [6.45, 7) is 2.99. The molecule has 1 aliphatic heterocycles. The highest BCUT2D eigenvalue weighted by Crippen LogP contribution is 2.19. The molecular formula is C8H16N2S. The van der Waals surface area contributed by atoms with Crippen LogP contribution in [0.4, 0.5) is 0 Å². The zero-order chi connectivity index (χ0) is 8.27. The molecule has 0 aliphatic carbocycles. The van der Waals surface area contributed by atoms with E-state index in [-0.39, 0.29) is 0 Å². The van der Waals surface area contributed by atoms with Gasteiger partial charge in [-0.15, -0.1) is 0 Å². The van der Waals surface area contributed by atoms with Gasteiger partial charge in [-0.3, -0.25) is 5.41 Å². The Kier molecular flexibility index (Phi) is 3.24. The van der Waals surface area contributed by atoms with Gasteiger partial charge in [-0.2, -0.15) is 11.8 Å². The first-order valence-electron chi connectivity index (χ1n) is 4.06. The average molecular weight is 172 g/mol. The number of likely N-dealkylation sites (tertiary alicyclic amines) is 1. The third kappa shape index (κ3) is 2.12. The normalized spacial score (nSPS) is 24.2. The number of rotatable bonds is 2. The molecule has 1 unspecified atom stereocenters. The standard InChI is InChI=1S/C8H16N2S/c1-7(9)10-5-3-4-8(10)6-11-2/h8-9H,3-6H2,1-2H3. The van der Waals surface area contributed by atoms with E-state index >= 15 is 0 Å². The van der Waals surface area contributed by atoms with Crippen LogP contribution in [0.1, 0.15) is 19.8 Å². The maximum absolute atomic E-state index is 7.52. The molecule has 0 aromatic carbocycles. The predicted molar refractivity (Wildman–Crippen MR) is 51.5 cm³/mol. The van der Waals surface area contributed by atoms with Gasteiger partial charge in [-0.05, 0) is 26.0 Å². The van der Waals surface area contributed by atoms with Crippen LogP contribution >= 0.6 is 11.8 Å². The van der Waals surface area contributed by atoms with Gasteiger partial charge in [-0.25, -0.2) is 0 Å². The molecule has 1 N–H and O–H groups in total. The highest BCUT2D eigenvalue weighted by molar-refractivity contribution is 7.98. The Morgan fingerprint density at radius 1 is 1.73 bits per heavy atom. The Bertz CT molecular complexity index is 147. The van der Waals surface area contributed by atoms with Gasteiger partial charge in [0.05, 0.1) is 5.84 Å². The smallest absolute Gasteiger partial charge is 0.0928 e. The molecule has 1 heterocycles. The number of hydrogen-bond donors (Lipinski definition) is 1. The molecule has 0 spiro atoms. The molecule has 1 atom stereocenters. The van der Waals surface area contributed by atoms with Crippen LogP contribution in [0.5, 0.6) is 0 Å². The Hall–Kier alpha value is -0.180. The molecule has 64 valence electrons. The maximum Gasteiger partial charge on any atom is 0.0928 e. The lowest BCUT2D eigenvalue weighted by atomic mass is 10.2. The zero-order valence-electron chi connectivity index (χ0n) is 7.26. The van der Waals surface area contributed by atoms with Crippen LogP contribution in [0, 0.1) is 5.41 Å². The Morgan fingerprint density at radius 2 is 2.45 bits per heavy atom. The number of thioether (sulfide) groups is 1. The minimum absolute atomic E-state index is 0.641. The van der Waals surface area contributed by atoms with Crippen molar-refractivity contribution in [1.29, 1.82) is 5.41 Å². The second-order valence-corrected chi connectivity index (χ2v) is 3.94. The van der Waals surface area contributed by atoms with Crippen molar-refractivity contribution in [3.63, 3.8) is 0 Å². The summed E-state index contributed by atoms with van der Waals surface area (Å²) in [5, 5.41) is 7.52. The summed E-state index contributed by atoms with van der Waals surface area (Å²) in [4.78, 5) is 2.22. The van der Waals surface area contributed by atoms with Gasteiger partial charge in [-0.1, -0.05) is 0 Å². The van der Waals surface area contributed by atoms with Crippen molar-refractivity contribution in [3.05, 3.63) is 0 Å². The van der Waals surface area contributed by atoms with Gasteiger partial charge in [0.2, 0.25) is 0 Å². The van der Waals surface area contributed by atoms with Crippen LogP contribution in [0.25, 0.3) is 0 Å². The van der Waals surface area contributed by atoms with Crippen molar-refractivity contribution in [2.75, 3.05) is 18.6 Å². The molecule has 0 radical (unpaired) electrons. The summed E-state index contributed by atoms with van der Waals surface area (Å²) >= 11 is 1.88. The first kappa shape index (κ1) is 8.91. The Labute approximate surface area is 72.9 Å². The Morgan fingerprint density at radius 3 is 3.00 bits per heavy atom. The zero-order valence-corrected chi connectivity index (χ0v) is 8.08. The van der Waals surface area contributed by atoms with E-state index in [0.717, 1.165) is 12.4 Å². The Balaban J connectivity index is 2.44. The van der Waals surface area contributed by atoms with E-state index in [1.165, 1.54) is 18.6 Å². The first-order chi connectivity index (χ1) is 5.25. The summed E-state index contributed by atoms with van der Waals surface area (Å²) < 4.78 is 0. The molecule has 0 saturated carbocycles. The highest BCUT2D eigenvalue weighted by atomic mass is 32.2. The molecule has 0 aromatic heterocycles. The molecule has 0 bridgehead atoms. The summed E-state index contributed by atoms with van der Waals surface area (Å²) in [6, 6.07) is 0.641. The first-order valence-corrected chi connectivity index (χ1v) is 5.46. The van der Waals surface area contributed by atoms with Crippen LogP contribution in [-0.2, 0) is 0 Å². The van der Waals surface area contributed by atoms with Gasteiger partial charge in [0.1, 0.15) is 0 Å². The van der Waals surface area contributed by atoms with E-state index in [2.05, 4.69) is 11.2 Å². The summed E-state index contributed by atoms with van der Waals surface area (Å²) in [5.41, 5.74) is 0. The largest absolute Gasteiger partial charge is 0.357 e. The van der Waals surface area contributed by atoms with Gasteiger partial charge < -0.3 is 4.90 Å². The van der Waals surface area contributed by atoms with E-state index in [1.807, 2.05) is 18.7 Å². The fourth-order valence-electron chi connectivity index (χ4n) is 1.64. The fourth-order valence-corrected chi connectivity index (χ4v) is 2.37. The molecule has 3 heteroatoms. The summed E-state index contributed by atoms with van der Waals surface area (Å²) in [5.74, 6) is 1.91. The lowest BCUT2D eigenvalue weighted by Crippen LogP contribution is -2.34. The van der Waals surface area contributed by atoms with Crippen molar-refractivity contribution in [2.24, 2.45) is 0 Å². The number of nitrogens with one attached hydrogen (secondary N) is 1. The van der Waals surface area contributed by atoms with Crippen LogP contribution < -0.4 is 0 Å². The third-order valence-electron chi connectivity index (χ3n) is 2.17. The summed E-state index contributed by atoms with van der Waals surface area (Å²) in [7, 11) is 0. The van der Waals surface area contributed by atoms with E-state index in [9.17, 15) is 0 Å². The fraction of sp³-hybridized carbons (Fsp3) is 0.875. The van der Waals surface area contributed by atoms with Crippen LogP contribution in [0.2, 0.25) is 0 Å². The van der Waals surface area contributed by atoms with Crippen LogP contribution in [0.3, 0.4) is 0 Å². The monoisotopic (exact) mass is 172 g/mol. The van der Waals surface area contributed by atoms with Gasteiger partial charge in [0.25, 0.3) is 0 Å². The molecule has 2 nitrogen and oxygen atoms in total. The van der Waals surface area contributed by atoms with Crippen molar-refractivity contribution >= 4 is 17.6 Å². The van der Waals surface area contributed by atoms with Crippen molar-refractivity contribution in [1.82, 2.24) is 4.90 Å². The molecular weight excluding hydrogens is 156 g/mol. The average Bonchev–Trinajstić information content (AvgIpc) is 2.36. The predicted octanol–water partition coefficient (Wildman–Crippen LogP) is 1.81. The molecule has 1 saturated heterocycles. The van der Waals surface area contributed by atoms with Gasteiger partial charge in [0, 0.05) is 18.3 Å². The van der Waals surface area contributed by atoms with Gasteiger partial charge in [0.15, 0.2) is 0 Å². The molecule has 0 aromatic rings. The topological polar surface area (TPSA) is 27.1 Å². The van der Waals surface area contributed by atoms with Gasteiger partial charge >= 0.3 is 0 Å². The lowest BCUT2D eigenvalue weighted by molar-refractivity contribution is 0.415.